The molecule has 1 N–H and O–H groups in total. The molecule has 0 fully saturated rings. The third-order valence-corrected chi connectivity index (χ3v) is 3.97. The summed E-state index contributed by atoms with van der Waals surface area (Å²) < 4.78 is 0. The van der Waals surface area contributed by atoms with E-state index in [1.165, 1.54) is 22.3 Å². The minimum absolute atomic E-state index is 0.165. The fourth-order valence-electron chi connectivity index (χ4n) is 2.90. The Kier molecular flexibility index (Phi) is 4.55. The van der Waals surface area contributed by atoms with Crippen LogP contribution in [0.25, 0.3) is 0 Å². The summed E-state index contributed by atoms with van der Waals surface area (Å²) in [6.07, 6.45) is 0. The van der Waals surface area contributed by atoms with Crippen molar-refractivity contribution in [3.8, 4) is 6.07 Å². The van der Waals surface area contributed by atoms with Crippen LogP contribution in [0.2, 0.25) is 5.02 Å². The van der Waals surface area contributed by atoms with Gasteiger partial charge in [-0.15, -0.1) is 0 Å². The summed E-state index contributed by atoms with van der Waals surface area (Å²) in [4.78, 5) is 0. The molecule has 0 amide bonds. The Hall–Kier alpha value is -1.98. The van der Waals surface area contributed by atoms with E-state index in [4.69, 9.17) is 16.9 Å². The highest BCUT2D eigenvalue weighted by Crippen LogP contribution is 2.28. The number of halogens is 1. The largest absolute Gasteiger partial charge is 0.378 e. The lowest BCUT2D eigenvalue weighted by molar-refractivity contribution is 0.862. The van der Waals surface area contributed by atoms with E-state index < -0.39 is 0 Å². The molecule has 2 aromatic carbocycles. The molecule has 2 rings (SSSR count). The molecule has 2 aromatic rings. The Balaban J connectivity index is 2.31. The molecule has 0 saturated carbocycles. The highest BCUT2D eigenvalue weighted by molar-refractivity contribution is 6.31. The predicted octanol–water partition coefficient (Wildman–Crippen LogP) is 5.31. The smallest absolute Gasteiger partial charge is 0.101 e. The van der Waals surface area contributed by atoms with E-state index in [1.54, 1.807) is 12.1 Å². The summed E-state index contributed by atoms with van der Waals surface area (Å²) >= 11 is 5.97. The molecule has 0 heterocycles. The summed E-state index contributed by atoms with van der Waals surface area (Å²) in [6.45, 7) is 8.51. The van der Waals surface area contributed by atoms with Crippen LogP contribution in [0.4, 0.5) is 5.69 Å². The van der Waals surface area contributed by atoms with Gasteiger partial charge in [-0.1, -0.05) is 29.3 Å². The average molecular weight is 299 g/mol. The maximum absolute atomic E-state index is 9.05. The van der Waals surface area contributed by atoms with Crippen molar-refractivity contribution in [2.45, 2.75) is 33.7 Å². The maximum atomic E-state index is 9.05. The molecule has 0 spiro atoms. The molecule has 3 heteroatoms. The molecule has 0 aliphatic carbocycles. The second kappa shape index (κ2) is 6.20. The van der Waals surface area contributed by atoms with Crippen LogP contribution in [0.1, 0.15) is 40.8 Å². The quantitative estimate of drug-likeness (QED) is 0.833. The highest BCUT2D eigenvalue weighted by atomic mass is 35.5. The van der Waals surface area contributed by atoms with E-state index in [2.05, 4.69) is 51.2 Å². The van der Waals surface area contributed by atoms with E-state index in [0.29, 0.717) is 10.6 Å². The molecular weight excluding hydrogens is 280 g/mol. The number of benzene rings is 2. The van der Waals surface area contributed by atoms with Crippen LogP contribution in [-0.2, 0) is 0 Å². The first-order chi connectivity index (χ1) is 9.92. The summed E-state index contributed by atoms with van der Waals surface area (Å²) in [7, 11) is 0. The molecule has 1 unspecified atom stereocenters. The van der Waals surface area contributed by atoms with Gasteiger partial charge >= 0.3 is 0 Å². The van der Waals surface area contributed by atoms with Crippen LogP contribution >= 0.6 is 11.6 Å². The average Bonchev–Trinajstić information content (AvgIpc) is 2.39. The van der Waals surface area contributed by atoms with Crippen LogP contribution < -0.4 is 5.32 Å². The first-order valence-electron chi connectivity index (χ1n) is 6.96. The lowest BCUT2D eigenvalue weighted by Crippen LogP contribution is -2.10. The Bertz CT molecular complexity index is 691. The van der Waals surface area contributed by atoms with Crippen molar-refractivity contribution < 1.29 is 0 Å². The Labute approximate surface area is 131 Å². The summed E-state index contributed by atoms with van der Waals surface area (Å²) in [5, 5.41) is 13.0. The normalized spacial score (nSPS) is 11.8. The van der Waals surface area contributed by atoms with Gasteiger partial charge in [0.15, 0.2) is 0 Å². The maximum Gasteiger partial charge on any atom is 0.101 e. The van der Waals surface area contributed by atoms with Crippen LogP contribution in [0.5, 0.6) is 0 Å². The number of rotatable bonds is 3. The van der Waals surface area contributed by atoms with Gasteiger partial charge in [0, 0.05) is 11.7 Å². The van der Waals surface area contributed by atoms with Crippen LogP contribution in [0, 0.1) is 32.1 Å². The number of hydrogen-bond acceptors (Lipinski definition) is 2. The molecule has 0 saturated heterocycles. The van der Waals surface area contributed by atoms with Crippen LogP contribution in [-0.4, -0.2) is 0 Å². The molecule has 0 bridgehead atoms. The van der Waals surface area contributed by atoms with Gasteiger partial charge in [-0.3, -0.25) is 0 Å². The number of hydrogen-bond donors (Lipinski definition) is 1. The standard InChI is InChI=1S/C18H19ClN2/c1-11-7-12(2)18(13(3)8-11)14(4)21-16-5-6-17(19)15(9-16)10-20/h5-9,14,21H,1-4H3. The molecule has 2 nitrogen and oxygen atoms in total. The topological polar surface area (TPSA) is 35.8 Å². The van der Waals surface area contributed by atoms with E-state index in [1.807, 2.05) is 6.07 Å². The fourth-order valence-corrected chi connectivity index (χ4v) is 3.06. The van der Waals surface area contributed by atoms with Gasteiger partial charge in [0.05, 0.1) is 10.6 Å². The van der Waals surface area contributed by atoms with Crippen molar-refractivity contribution in [1.29, 1.82) is 5.26 Å². The molecular formula is C18H19ClN2. The highest BCUT2D eigenvalue weighted by Gasteiger charge is 2.12. The third kappa shape index (κ3) is 3.37. The summed E-state index contributed by atoms with van der Waals surface area (Å²) in [5.74, 6) is 0. The van der Waals surface area contributed by atoms with Gasteiger partial charge in [0.25, 0.3) is 0 Å². The zero-order valence-corrected chi connectivity index (χ0v) is 13.5. The Morgan fingerprint density at radius 1 is 1.10 bits per heavy atom. The number of aryl methyl sites for hydroxylation is 3. The minimum atomic E-state index is 0.165. The second-order valence-corrected chi connectivity index (χ2v) is 5.89. The van der Waals surface area contributed by atoms with E-state index in [0.717, 1.165) is 5.69 Å². The zero-order chi connectivity index (χ0) is 15.6. The second-order valence-electron chi connectivity index (χ2n) is 5.48. The van der Waals surface area contributed by atoms with E-state index >= 15 is 0 Å². The Morgan fingerprint density at radius 2 is 1.71 bits per heavy atom. The molecule has 1 atom stereocenters. The number of nitrogens with one attached hydrogen (secondary N) is 1. The molecule has 0 aromatic heterocycles. The van der Waals surface area contributed by atoms with Crippen LogP contribution in [0.15, 0.2) is 30.3 Å². The van der Waals surface area contributed by atoms with Gasteiger partial charge in [0.2, 0.25) is 0 Å². The first-order valence-corrected chi connectivity index (χ1v) is 7.34. The monoisotopic (exact) mass is 298 g/mol. The number of nitrogens with zero attached hydrogens (tertiary/aromatic N) is 1. The lowest BCUT2D eigenvalue weighted by atomic mass is 9.94. The van der Waals surface area contributed by atoms with Gasteiger partial charge < -0.3 is 5.32 Å². The van der Waals surface area contributed by atoms with Crippen molar-refractivity contribution in [3.63, 3.8) is 0 Å². The van der Waals surface area contributed by atoms with Crippen molar-refractivity contribution in [3.05, 3.63) is 63.2 Å². The zero-order valence-electron chi connectivity index (χ0n) is 12.8. The van der Waals surface area contributed by atoms with E-state index in [9.17, 15) is 0 Å². The molecule has 0 aliphatic rings. The molecule has 0 radical (unpaired) electrons. The molecule has 108 valence electrons. The van der Waals surface area contributed by atoms with Gasteiger partial charge in [-0.25, -0.2) is 0 Å². The van der Waals surface area contributed by atoms with Gasteiger partial charge in [-0.05, 0) is 62.6 Å². The van der Waals surface area contributed by atoms with Crippen molar-refractivity contribution in [2.75, 3.05) is 5.32 Å². The van der Waals surface area contributed by atoms with Gasteiger partial charge in [0.1, 0.15) is 6.07 Å². The summed E-state index contributed by atoms with van der Waals surface area (Å²) in [6, 6.07) is 12.1. The third-order valence-electron chi connectivity index (χ3n) is 3.64. The van der Waals surface area contributed by atoms with Crippen molar-refractivity contribution in [1.82, 2.24) is 0 Å². The fraction of sp³-hybridized carbons (Fsp3) is 0.278. The Morgan fingerprint density at radius 3 is 2.29 bits per heavy atom. The van der Waals surface area contributed by atoms with Crippen LogP contribution in [0.3, 0.4) is 0 Å². The lowest BCUT2D eigenvalue weighted by Gasteiger charge is -2.21. The van der Waals surface area contributed by atoms with E-state index in [-0.39, 0.29) is 6.04 Å². The molecule has 21 heavy (non-hydrogen) atoms. The summed E-state index contributed by atoms with van der Waals surface area (Å²) in [5.41, 5.74) is 6.53. The number of anilines is 1. The SMILES string of the molecule is Cc1cc(C)c(C(C)Nc2ccc(Cl)c(C#N)c2)c(C)c1. The van der Waals surface area contributed by atoms with Crippen molar-refractivity contribution in [2.24, 2.45) is 0 Å². The predicted molar refractivity (Wildman–Crippen MR) is 88.9 cm³/mol. The minimum Gasteiger partial charge on any atom is -0.378 e. The molecule has 0 aliphatic heterocycles. The van der Waals surface area contributed by atoms with Crippen molar-refractivity contribution >= 4 is 17.3 Å². The van der Waals surface area contributed by atoms with Gasteiger partial charge in [-0.2, -0.15) is 5.26 Å². The number of nitriles is 1. The first kappa shape index (κ1) is 15.4.